The van der Waals surface area contributed by atoms with Crippen molar-refractivity contribution < 1.29 is 4.79 Å². The summed E-state index contributed by atoms with van der Waals surface area (Å²) < 4.78 is 0. The first-order chi connectivity index (χ1) is 13.1. The lowest BCUT2D eigenvalue weighted by molar-refractivity contribution is -0.116. The Bertz CT molecular complexity index is 941. The highest BCUT2D eigenvalue weighted by molar-refractivity contribution is 6.03. The molecule has 0 aliphatic carbocycles. The first-order valence-corrected chi connectivity index (χ1v) is 9.13. The summed E-state index contributed by atoms with van der Waals surface area (Å²) in [6.07, 6.45) is 0.938. The van der Waals surface area contributed by atoms with Crippen molar-refractivity contribution in [1.29, 1.82) is 5.26 Å². The average molecular weight is 358 g/mol. The highest BCUT2D eigenvalue weighted by Crippen LogP contribution is 2.40. The van der Waals surface area contributed by atoms with Gasteiger partial charge in [-0.1, -0.05) is 36.4 Å². The van der Waals surface area contributed by atoms with E-state index in [9.17, 15) is 10.1 Å². The molecule has 2 heterocycles. The number of hydrogen-bond donors (Lipinski definition) is 0. The lowest BCUT2D eigenvalue weighted by Gasteiger charge is -2.28. The number of carbonyl (C=O) groups is 1. The summed E-state index contributed by atoms with van der Waals surface area (Å²) in [5.41, 5.74) is 4.84. The molecule has 2 aliphatic heterocycles. The van der Waals surface area contributed by atoms with Gasteiger partial charge < -0.3 is 9.80 Å². The van der Waals surface area contributed by atoms with Crippen LogP contribution in [-0.4, -0.2) is 37.9 Å². The van der Waals surface area contributed by atoms with Crippen LogP contribution in [0.4, 0.5) is 11.4 Å². The summed E-state index contributed by atoms with van der Waals surface area (Å²) in [5.74, 6) is 0.527. The van der Waals surface area contributed by atoms with Gasteiger partial charge in [-0.05, 0) is 29.7 Å². The number of anilines is 2. The van der Waals surface area contributed by atoms with Crippen molar-refractivity contribution in [3.8, 4) is 6.07 Å². The molecule has 0 spiro atoms. The van der Waals surface area contributed by atoms with Crippen LogP contribution >= 0.6 is 0 Å². The number of Topliss-reactive ketones (excluding diaryl/α,β-unsaturated/α-hetero) is 1. The van der Waals surface area contributed by atoms with Crippen molar-refractivity contribution in [2.24, 2.45) is 0 Å². The van der Waals surface area contributed by atoms with Crippen LogP contribution in [0.15, 0.2) is 59.9 Å². The second-order valence-corrected chi connectivity index (χ2v) is 7.07. The second-order valence-electron chi connectivity index (χ2n) is 7.07. The predicted molar refractivity (Wildman–Crippen MR) is 106 cm³/mol. The number of fused-ring (bicyclic) bond motifs is 2. The van der Waals surface area contributed by atoms with Crippen molar-refractivity contribution >= 4 is 17.2 Å². The van der Waals surface area contributed by atoms with Gasteiger partial charge in [0.15, 0.2) is 5.78 Å². The number of rotatable bonds is 3. The van der Waals surface area contributed by atoms with E-state index in [1.54, 1.807) is 0 Å². The molecule has 0 atom stereocenters. The summed E-state index contributed by atoms with van der Waals surface area (Å²) >= 11 is 0. The summed E-state index contributed by atoms with van der Waals surface area (Å²) in [5, 5.41) is 9.76. The van der Waals surface area contributed by atoms with Crippen molar-refractivity contribution in [3.05, 3.63) is 71.1 Å². The van der Waals surface area contributed by atoms with Crippen LogP contribution in [-0.2, 0) is 17.8 Å². The van der Waals surface area contributed by atoms with Crippen molar-refractivity contribution in [1.82, 2.24) is 4.90 Å². The molecule has 0 amide bonds. The van der Waals surface area contributed by atoms with E-state index < -0.39 is 0 Å². The molecule has 0 fully saturated rings. The Morgan fingerprint density at radius 3 is 2.22 bits per heavy atom. The number of benzene rings is 2. The van der Waals surface area contributed by atoms with Gasteiger partial charge in [-0.25, -0.2) is 0 Å². The largest absolute Gasteiger partial charge is 0.328 e. The molecule has 0 saturated heterocycles. The Morgan fingerprint density at radius 1 is 1.00 bits per heavy atom. The van der Waals surface area contributed by atoms with Crippen LogP contribution in [0, 0.1) is 11.3 Å². The average Bonchev–Trinajstić information content (AvgIpc) is 2.94. The Labute approximate surface area is 159 Å². The van der Waals surface area contributed by atoms with E-state index in [4.69, 9.17) is 0 Å². The van der Waals surface area contributed by atoms with Gasteiger partial charge in [-0.2, -0.15) is 5.26 Å². The summed E-state index contributed by atoms with van der Waals surface area (Å²) in [6, 6.07) is 18.5. The standard InChI is InChI=1S/C22H22N4O/c1-24-19-9-5-6-10-20(19)25(2)22(24)18(13-23)21(27)15-26-12-11-16-7-3-4-8-17(16)14-26/h3-10H,11-12,14-15H2,1-2H3. The zero-order valence-corrected chi connectivity index (χ0v) is 15.6. The third-order valence-corrected chi connectivity index (χ3v) is 5.43. The van der Waals surface area contributed by atoms with Gasteiger partial charge in [-0.3, -0.25) is 9.69 Å². The molecule has 0 saturated carbocycles. The predicted octanol–water partition coefficient (Wildman–Crippen LogP) is 2.94. The van der Waals surface area contributed by atoms with Crippen LogP contribution in [0.3, 0.4) is 0 Å². The normalized spacial score (nSPS) is 16.0. The van der Waals surface area contributed by atoms with E-state index in [2.05, 4.69) is 29.2 Å². The molecule has 0 aromatic heterocycles. The fourth-order valence-electron chi connectivity index (χ4n) is 4.03. The molecule has 2 aromatic rings. The number of nitriles is 1. The number of para-hydroxylation sites is 2. The van der Waals surface area contributed by atoms with Crippen LogP contribution in [0.2, 0.25) is 0 Å². The van der Waals surface area contributed by atoms with Crippen LogP contribution in [0.1, 0.15) is 11.1 Å². The van der Waals surface area contributed by atoms with Crippen molar-refractivity contribution in [2.75, 3.05) is 37.0 Å². The highest BCUT2D eigenvalue weighted by atomic mass is 16.1. The molecule has 0 unspecified atom stereocenters. The van der Waals surface area contributed by atoms with Gasteiger partial charge in [0.25, 0.3) is 0 Å². The monoisotopic (exact) mass is 358 g/mol. The van der Waals surface area contributed by atoms with Gasteiger partial charge in [0.2, 0.25) is 0 Å². The number of nitrogens with zero attached hydrogens (tertiary/aromatic N) is 4. The van der Waals surface area contributed by atoms with Gasteiger partial charge in [0.05, 0.1) is 17.9 Å². The molecule has 0 N–H and O–H groups in total. The second kappa shape index (κ2) is 6.90. The lowest BCUT2D eigenvalue weighted by atomic mass is 9.99. The summed E-state index contributed by atoms with van der Waals surface area (Å²) in [7, 11) is 3.80. The number of ketones is 1. The Hall–Kier alpha value is -3.10. The van der Waals surface area contributed by atoms with Crippen LogP contribution in [0.25, 0.3) is 0 Å². The molecule has 136 valence electrons. The Morgan fingerprint density at radius 2 is 1.59 bits per heavy atom. The van der Waals surface area contributed by atoms with Gasteiger partial charge in [0, 0.05) is 27.2 Å². The fourth-order valence-corrected chi connectivity index (χ4v) is 4.03. The third kappa shape index (κ3) is 2.98. The van der Waals surface area contributed by atoms with E-state index >= 15 is 0 Å². The maximum atomic E-state index is 13.0. The maximum Gasteiger partial charge on any atom is 0.191 e. The van der Waals surface area contributed by atoms with Crippen molar-refractivity contribution in [3.63, 3.8) is 0 Å². The van der Waals surface area contributed by atoms with Gasteiger partial charge in [-0.15, -0.1) is 0 Å². The van der Waals surface area contributed by atoms with Crippen LogP contribution in [0.5, 0.6) is 0 Å². The minimum absolute atomic E-state index is 0.126. The molecule has 5 nitrogen and oxygen atoms in total. The zero-order valence-electron chi connectivity index (χ0n) is 15.6. The molecule has 2 aromatic carbocycles. The maximum absolute atomic E-state index is 13.0. The molecular weight excluding hydrogens is 336 g/mol. The highest BCUT2D eigenvalue weighted by Gasteiger charge is 2.32. The minimum Gasteiger partial charge on any atom is -0.328 e. The third-order valence-electron chi connectivity index (χ3n) is 5.43. The van der Waals surface area contributed by atoms with E-state index in [1.807, 2.05) is 54.2 Å². The van der Waals surface area contributed by atoms with Gasteiger partial charge >= 0.3 is 0 Å². The molecule has 0 bridgehead atoms. The fraction of sp³-hybridized carbons (Fsp3) is 0.273. The molecule has 4 rings (SSSR count). The van der Waals surface area contributed by atoms with E-state index in [0.717, 1.165) is 30.9 Å². The van der Waals surface area contributed by atoms with E-state index in [0.29, 0.717) is 5.82 Å². The summed E-state index contributed by atoms with van der Waals surface area (Å²) in [6.45, 7) is 1.85. The molecule has 0 radical (unpaired) electrons. The van der Waals surface area contributed by atoms with Gasteiger partial charge in [0.1, 0.15) is 17.5 Å². The quantitative estimate of drug-likeness (QED) is 0.624. The first-order valence-electron chi connectivity index (χ1n) is 9.13. The first kappa shape index (κ1) is 17.3. The molecule has 2 aliphatic rings. The van der Waals surface area contributed by atoms with E-state index in [-0.39, 0.29) is 17.9 Å². The van der Waals surface area contributed by atoms with Crippen molar-refractivity contribution in [2.45, 2.75) is 13.0 Å². The Balaban J connectivity index is 1.58. The zero-order chi connectivity index (χ0) is 19.0. The molecular formula is C22H22N4O. The topological polar surface area (TPSA) is 50.6 Å². The minimum atomic E-state index is -0.126. The number of hydrogen-bond acceptors (Lipinski definition) is 5. The lowest BCUT2D eigenvalue weighted by Crippen LogP contribution is -2.36. The molecule has 5 heteroatoms. The SMILES string of the molecule is CN1C(=C(C#N)C(=O)CN2CCc3ccccc3C2)N(C)c2ccccc21. The van der Waals surface area contributed by atoms with Crippen LogP contribution < -0.4 is 9.80 Å². The molecule has 27 heavy (non-hydrogen) atoms. The Kier molecular flexibility index (Phi) is 4.43. The summed E-state index contributed by atoms with van der Waals surface area (Å²) in [4.78, 5) is 19.0. The van der Waals surface area contributed by atoms with E-state index in [1.165, 1.54) is 11.1 Å². The number of carbonyl (C=O) groups excluding carboxylic acids is 1. The smallest absolute Gasteiger partial charge is 0.191 e.